The van der Waals surface area contributed by atoms with Crippen LogP contribution in [0.15, 0.2) is 24.3 Å². The summed E-state index contributed by atoms with van der Waals surface area (Å²) in [7, 11) is 1.51. The fourth-order valence-electron chi connectivity index (χ4n) is 1.93. The first-order valence-corrected chi connectivity index (χ1v) is 6.63. The quantitative estimate of drug-likeness (QED) is 0.830. The molecule has 1 unspecified atom stereocenters. The predicted octanol–water partition coefficient (Wildman–Crippen LogP) is 2.09. The summed E-state index contributed by atoms with van der Waals surface area (Å²) in [4.78, 5) is 24.1. The van der Waals surface area contributed by atoms with Crippen molar-refractivity contribution < 1.29 is 19.4 Å². The smallest absolute Gasteiger partial charge is 0.326 e. The lowest BCUT2D eigenvalue weighted by Gasteiger charge is -2.23. The Morgan fingerprint density at radius 3 is 2.65 bits per heavy atom. The first-order valence-electron chi connectivity index (χ1n) is 6.63. The Morgan fingerprint density at radius 1 is 1.40 bits per heavy atom. The van der Waals surface area contributed by atoms with Gasteiger partial charge in [0.1, 0.15) is 11.8 Å². The molecule has 1 amide bonds. The lowest BCUT2D eigenvalue weighted by molar-refractivity contribution is -0.149. The van der Waals surface area contributed by atoms with E-state index >= 15 is 0 Å². The fraction of sp³-hybridized carbons (Fsp3) is 0.467. The molecular weight excluding hydrogens is 258 g/mol. The van der Waals surface area contributed by atoms with E-state index in [1.54, 1.807) is 6.92 Å². The lowest BCUT2D eigenvalue weighted by atomic mass is 10.2. The van der Waals surface area contributed by atoms with Crippen LogP contribution in [-0.2, 0) is 9.59 Å². The van der Waals surface area contributed by atoms with Gasteiger partial charge >= 0.3 is 5.97 Å². The van der Waals surface area contributed by atoms with Gasteiger partial charge in [0.25, 0.3) is 0 Å². The Morgan fingerprint density at radius 2 is 2.10 bits per heavy atom. The van der Waals surface area contributed by atoms with Crippen molar-refractivity contribution in [3.8, 4) is 5.75 Å². The first kappa shape index (κ1) is 16.0. The largest absolute Gasteiger partial charge is 0.493 e. The number of ether oxygens (including phenoxy) is 1. The molecular formula is C15H21NO4. The molecule has 20 heavy (non-hydrogen) atoms. The van der Waals surface area contributed by atoms with Crippen LogP contribution in [-0.4, -0.2) is 41.6 Å². The van der Waals surface area contributed by atoms with Gasteiger partial charge in [0.05, 0.1) is 13.0 Å². The number of rotatable bonds is 7. The summed E-state index contributed by atoms with van der Waals surface area (Å²) < 4.78 is 5.49. The molecule has 0 aromatic heterocycles. The van der Waals surface area contributed by atoms with Crippen LogP contribution in [0.4, 0.5) is 0 Å². The van der Waals surface area contributed by atoms with E-state index in [-0.39, 0.29) is 18.9 Å². The van der Waals surface area contributed by atoms with E-state index in [4.69, 9.17) is 9.84 Å². The minimum absolute atomic E-state index is 0.161. The van der Waals surface area contributed by atoms with E-state index in [1.165, 1.54) is 11.9 Å². The van der Waals surface area contributed by atoms with Crippen LogP contribution in [0, 0.1) is 6.92 Å². The SMILES string of the molecule is CCC(C(=O)O)N(C)C(=O)CCOc1cccc(C)c1. The summed E-state index contributed by atoms with van der Waals surface area (Å²) in [6, 6.07) is 6.79. The first-order chi connectivity index (χ1) is 9.45. The third-order valence-corrected chi connectivity index (χ3v) is 3.11. The topological polar surface area (TPSA) is 66.8 Å². The minimum atomic E-state index is -0.983. The summed E-state index contributed by atoms with van der Waals surface area (Å²) in [5.41, 5.74) is 1.09. The van der Waals surface area contributed by atoms with Crippen LogP contribution in [0.3, 0.4) is 0 Å². The van der Waals surface area contributed by atoms with Crippen LogP contribution < -0.4 is 4.74 Å². The van der Waals surface area contributed by atoms with Crippen molar-refractivity contribution in [1.82, 2.24) is 4.90 Å². The predicted molar refractivity (Wildman–Crippen MR) is 75.8 cm³/mol. The van der Waals surface area contributed by atoms with Gasteiger partial charge in [-0.3, -0.25) is 4.79 Å². The molecule has 1 N–H and O–H groups in total. The van der Waals surface area contributed by atoms with Gasteiger partial charge in [-0.05, 0) is 31.0 Å². The molecule has 0 aliphatic carbocycles. The second-order valence-corrected chi connectivity index (χ2v) is 4.68. The number of nitrogens with zero attached hydrogens (tertiary/aromatic N) is 1. The highest BCUT2D eigenvalue weighted by atomic mass is 16.5. The molecule has 0 radical (unpaired) electrons. The molecule has 5 nitrogen and oxygen atoms in total. The molecule has 0 heterocycles. The minimum Gasteiger partial charge on any atom is -0.493 e. The zero-order valence-electron chi connectivity index (χ0n) is 12.1. The Labute approximate surface area is 119 Å². The van der Waals surface area contributed by atoms with Gasteiger partial charge in [0.15, 0.2) is 0 Å². The average molecular weight is 279 g/mol. The second kappa shape index (κ2) is 7.53. The monoisotopic (exact) mass is 279 g/mol. The maximum Gasteiger partial charge on any atom is 0.326 e. The van der Waals surface area contributed by atoms with Gasteiger partial charge in [0.2, 0.25) is 5.91 Å². The van der Waals surface area contributed by atoms with Crippen molar-refractivity contribution in [1.29, 1.82) is 0 Å². The molecule has 0 spiro atoms. The highest BCUT2D eigenvalue weighted by Crippen LogP contribution is 2.13. The molecule has 0 fully saturated rings. The van der Waals surface area contributed by atoms with E-state index in [2.05, 4.69) is 0 Å². The number of carboxylic acids is 1. The maximum absolute atomic E-state index is 11.9. The van der Waals surface area contributed by atoms with Gasteiger partial charge < -0.3 is 14.7 Å². The van der Waals surface area contributed by atoms with Gasteiger partial charge in [-0.15, -0.1) is 0 Å². The maximum atomic E-state index is 11.9. The van der Waals surface area contributed by atoms with Gasteiger partial charge in [0, 0.05) is 7.05 Å². The molecule has 0 saturated heterocycles. The second-order valence-electron chi connectivity index (χ2n) is 4.68. The molecule has 1 rings (SSSR count). The summed E-state index contributed by atoms with van der Waals surface area (Å²) >= 11 is 0. The molecule has 1 atom stereocenters. The zero-order valence-corrected chi connectivity index (χ0v) is 12.1. The number of hydrogen-bond donors (Lipinski definition) is 1. The molecule has 5 heteroatoms. The number of hydrogen-bond acceptors (Lipinski definition) is 3. The van der Waals surface area contributed by atoms with Crippen molar-refractivity contribution >= 4 is 11.9 Å². The van der Waals surface area contributed by atoms with E-state index in [0.717, 1.165) is 5.56 Å². The van der Waals surface area contributed by atoms with Crippen molar-refractivity contribution in [2.45, 2.75) is 32.7 Å². The summed E-state index contributed by atoms with van der Waals surface area (Å²) in [6.07, 6.45) is 0.546. The average Bonchev–Trinajstić information content (AvgIpc) is 2.38. The number of carbonyl (C=O) groups excluding carboxylic acids is 1. The molecule has 0 aliphatic heterocycles. The van der Waals surface area contributed by atoms with Crippen LogP contribution in [0.5, 0.6) is 5.75 Å². The Hall–Kier alpha value is -2.04. The Balaban J connectivity index is 2.45. The highest BCUT2D eigenvalue weighted by molar-refractivity contribution is 5.83. The number of carbonyl (C=O) groups is 2. The number of likely N-dealkylation sites (N-methyl/N-ethyl adjacent to an activating group) is 1. The van der Waals surface area contributed by atoms with Gasteiger partial charge in [-0.1, -0.05) is 19.1 Å². The van der Waals surface area contributed by atoms with Crippen LogP contribution >= 0.6 is 0 Å². The van der Waals surface area contributed by atoms with Gasteiger partial charge in [-0.2, -0.15) is 0 Å². The molecule has 0 saturated carbocycles. The Kier molecular flexibility index (Phi) is 6.03. The third-order valence-electron chi connectivity index (χ3n) is 3.11. The molecule has 110 valence electrons. The van der Waals surface area contributed by atoms with E-state index in [1.807, 2.05) is 31.2 Å². The highest BCUT2D eigenvalue weighted by Gasteiger charge is 2.24. The van der Waals surface area contributed by atoms with Crippen LogP contribution in [0.2, 0.25) is 0 Å². The molecule has 0 aliphatic rings. The lowest BCUT2D eigenvalue weighted by Crippen LogP contribution is -2.42. The number of amides is 1. The van der Waals surface area contributed by atoms with E-state index in [0.29, 0.717) is 12.2 Å². The summed E-state index contributed by atoms with van der Waals surface area (Å²) in [6.45, 7) is 3.94. The number of aryl methyl sites for hydroxylation is 1. The number of carboxylic acid groups (broad SMARTS) is 1. The zero-order chi connectivity index (χ0) is 15.1. The summed E-state index contributed by atoms with van der Waals surface area (Å²) in [5.74, 6) is -0.499. The molecule has 0 bridgehead atoms. The number of aliphatic carboxylic acids is 1. The van der Waals surface area contributed by atoms with E-state index < -0.39 is 12.0 Å². The van der Waals surface area contributed by atoms with E-state index in [9.17, 15) is 9.59 Å². The van der Waals surface area contributed by atoms with Crippen LogP contribution in [0.1, 0.15) is 25.3 Å². The number of benzene rings is 1. The summed E-state index contributed by atoms with van der Waals surface area (Å²) in [5, 5.41) is 9.00. The normalized spacial score (nSPS) is 11.8. The van der Waals surface area contributed by atoms with Crippen LogP contribution in [0.25, 0.3) is 0 Å². The van der Waals surface area contributed by atoms with Gasteiger partial charge in [-0.25, -0.2) is 4.79 Å². The Bertz CT molecular complexity index is 473. The molecule has 1 aromatic rings. The van der Waals surface area contributed by atoms with Crippen molar-refractivity contribution in [2.75, 3.05) is 13.7 Å². The standard InChI is InChI=1S/C15H21NO4/c1-4-13(15(18)19)16(3)14(17)8-9-20-12-7-5-6-11(2)10-12/h5-7,10,13H,4,8-9H2,1-3H3,(H,18,19). The molecule has 1 aromatic carbocycles. The van der Waals surface area contributed by atoms with Crippen molar-refractivity contribution in [2.24, 2.45) is 0 Å². The third kappa shape index (κ3) is 4.57. The van der Waals surface area contributed by atoms with Crippen molar-refractivity contribution in [3.05, 3.63) is 29.8 Å². The van der Waals surface area contributed by atoms with Crippen molar-refractivity contribution in [3.63, 3.8) is 0 Å². The fourth-order valence-corrected chi connectivity index (χ4v) is 1.93.